The maximum atomic E-state index is 12.3. The Morgan fingerprint density at radius 1 is 1.32 bits per heavy atom. The number of halogens is 1. The Morgan fingerprint density at radius 2 is 2.09 bits per heavy atom. The zero-order valence-electron chi connectivity index (χ0n) is 12.3. The molecule has 1 fully saturated rings. The van der Waals surface area contributed by atoms with Crippen molar-refractivity contribution in [3.05, 3.63) is 40.4 Å². The number of aryl methyl sites for hydroxylation is 1. The van der Waals surface area contributed by atoms with E-state index in [0.717, 1.165) is 29.5 Å². The summed E-state index contributed by atoms with van der Waals surface area (Å²) < 4.78 is 0. The lowest BCUT2D eigenvalue weighted by Crippen LogP contribution is -2.50. The largest absolute Gasteiger partial charge is 0.345 e. The van der Waals surface area contributed by atoms with Crippen LogP contribution in [-0.2, 0) is 0 Å². The number of nitrogens with zero attached hydrogens (tertiary/aromatic N) is 3. The van der Waals surface area contributed by atoms with Crippen molar-refractivity contribution in [2.24, 2.45) is 0 Å². The van der Waals surface area contributed by atoms with Crippen molar-refractivity contribution >= 4 is 39.8 Å². The zero-order chi connectivity index (χ0) is 15.5. The third-order valence-electron chi connectivity index (χ3n) is 3.68. The number of carbonyl (C=O) groups is 1. The fourth-order valence-corrected chi connectivity index (χ4v) is 3.22. The fourth-order valence-electron chi connectivity index (χ4n) is 2.35. The first kappa shape index (κ1) is 15.1. The van der Waals surface area contributed by atoms with Crippen LogP contribution in [0, 0.1) is 6.92 Å². The van der Waals surface area contributed by atoms with Gasteiger partial charge in [-0.05, 0) is 24.6 Å². The number of carbonyl (C=O) groups excluding carboxylic acids is 1. The summed E-state index contributed by atoms with van der Waals surface area (Å²) in [5, 5.41) is 6.55. The summed E-state index contributed by atoms with van der Waals surface area (Å²) in [5.74, 6) is 0. The van der Waals surface area contributed by atoms with Gasteiger partial charge in [-0.3, -0.25) is 0 Å². The van der Waals surface area contributed by atoms with Gasteiger partial charge in [0, 0.05) is 48.5 Å². The molecule has 0 atom stereocenters. The van der Waals surface area contributed by atoms with Crippen molar-refractivity contribution in [3.63, 3.8) is 0 Å². The molecule has 3 rings (SSSR count). The molecule has 2 amide bonds. The van der Waals surface area contributed by atoms with E-state index in [1.807, 2.05) is 29.3 Å². The summed E-state index contributed by atoms with van der Waals surface area (Å²) >= 11 is 7.71. The van der Waals surface area contributed by atoms with E-state index in [9.17, 15) is 4.79 Å². The molecule has 116 valence electrons. The number of piperazine rings is 1. The monoisotopic (exact) mass is 336 g/mol. The van der Waals surface area contributed by atoms with Crippen LogP contribution in [0.1, 0.15) is 5.56 Å². The summed E-state index contributed by atoms with van der Waals surface area (Å²) in [4.78, 5) is 20.6. The first-order valence-corrected chi connectivity index (χ1v) is 8.36. The van der Waals surface area contributed by atoms with Crippen LogP contribution < -0.4 is 10.2 Å². The third-order valence-corrected chi connectivity index (χ3v) is 4.92. The van der Waals surface area contributed by atoms with E-state index >= 15 is 0 Å². The highest BCUT2D eigenvalue weighted by atomic mass is 35.5. The van der Waals surface area contributed by atoms with Crippen LogP contribution in [0.5, 0.6) is 0 Å². The molecule has 1 aliphatic rings. The summed E-state index contributed by atoms with van der Waals surface area (Å²) in [7, 11) is 0. The maximum absolute atomic E-state index is 12.3. The number of hydrogen-bond donors (Lipinski definition) is 1. The molecule has 0 radical (unpaired) electrons. The predicted molar refractivity (Wildman–Crippen MR) is 91.1 cm³/mol. The Morgan fingerprint density at radius 3 is 2.73 bits per heavy atom. The number of anilines is 2. The van der Waals surface area contributed by atoms with Crippen LogP contribution >= 0.6 is 22.9 Å². The Bertz CT molecular complexity index is 654. The molecule has 7 heteroatoms. The van der Waals surface area contributed by atoms with Gasteiger partial charge in [-0.2, -0.15) is 0 Å². The van der Waals surface area contributed by atoms with Gasteiger partial charge < -0.3 is 15.1 Å². The predicted octanol–water partition coefficient (Wildman–Crippen LogP) is 3.46. The number of rotatable bonds is 2. The van der Waals surface area contributed by atoms with Crippen molar-refractivity contribution in [3.8, 4) is 0 Å². The van der Waals surface area contributed by atoms with Crippen molar-refractivity contribution in [1.29, 1.82) is 0 Å². The minimum atomic E-state index is -0.0845. The van der Waals surface area contributed by atoms with Crippen LogP contribution in [0.3, 0.4) is 0 Å². The lowest BCUT2D eigenvalue weighted by Gasteiger charge is -2.34. The highest BCUT2D eigenvalue weighted by Crippen LogP contribution is 2.21. The topological polar surface area (TPSA) is 48.5 Å². The number of benzene rings is 1. The van der Waals surface area contributed by atoms with E-state index in [1.54, 1.807) is 23.6 Å². The summed E-state index contributed by atoms with van der Waals surface area (Å²) in [6.45, 7) is 4.91. The quantitative estimate of drug-likeness (QED) is 0.913. The van der Waals surface area contributed by atoms with E-state index in [1.165, 1.54) is 0 Å². The Labute approximate surface area is 138 Å². The van der Waals surface area contributed by atoms with Crippen molar-refractivity contribution < 1.29 is 4.79 Å². The molecule has 0 aliphatic carbocycles. The van der Waals surface area contributed by atoms with Crippen LogP contribution in [0.4, 0.5) is 15.6 Å². The van der Waals surface area contributed by atoms with Gasteiger partial charge in [-0.25, -0.2) is 9.78 Å². The van der Waals surface area contributed by atoms with Gasteiger partial charge in [0.15, 0.2) is 5.13 Å². The molecule has 22 heavy (non-hydrogen) atoms. The van der Waals surface area contributed by atoms with E-state index < -0.39 is 0 Å². The molecular formula is C15H17ClN4OS. The smallest absolute Gasteiger partial charge is 0.321 e. The van der Waals surface area contributed by atoms with Crippen LogP contribution in [0.2, 0.25) is 5.02 Å². The lowest BCUT2D eigenvalue weighted by molar-refractivity contribution is 0.208. The van der Waals surface area contributed by atoms with Gasteiger partial charge in [0.1, 0.15) is 0 Å². The summed E-state index contributed by atoms with van der Waals surface area (Å²) in [6, 6.07) is 5.46. The highest BCUT2D eigenvalue weighted by molar-refractivity contribution is 7.13. The Hall–Kier alpha value is -1.79. The minimum absolute atomic E-state index is 0.0845. The number of hydrogen-bond acceptors (Lipinski definition) is 4. The number of aromatic nitrogens is 1. The second-order valence-corrected chi connectivity index (χ2v) is 6.46. The number of amides is 2. The number of urea groups is 1. The summed E-state index contributed by atoms with van der Waals surface area (Å²) in [6.07, 6.45) is 1.81. The van der Waals surface area contributed by atoms with E-state index in [2.05, 4.69) is 15.2 Å². The molecule has 0 bridgehead atoms. The molecule has 1 aliphatic heterocycles. The molecule has 1 N–H and O–H groups in total. The number of thiazole rings is 1. The van der Waals surface area contributed by atoms with Crippen molar-refractivity contribution in [1.82, 2.24) is 9.88 Å². The average Bonchev–Trinajstić information content (AvgIpc) is 3.05. The van der Waals surface area contributed by atoms with E-state index in [0.29, 0.717) is 18.1 Å². The van der Waals surface area contributed by atoms with Crippen LogP contribution in [-0.4, -0.2) is 42.1 Å². The zero-order valence-corrected chi connectivity index (χ0v) is 13.8. The summed E-state index contributed by atoms with van der Waals surface area (Å²) in [5.41, 5.74) is 1.72. The first-order valence-electron chi connectivity index (χ1n) is 7.10. The van der Waals surface area contributed by atoms with Crippen LogP contribution in [0.15, 0.2) is 29.8 Å². The molecule has 2 aromatic rings. The van der Waals surface area contributed by atoms with E-state index in [-0.39, 0.29) is 6.03 Å². The van der Waals surface area contributed by atoms with Crippen molar-refractivity contribution in [2.45, 2.75) is 6.92 Å². The lowest BCUT2D eigenvalue weighted by atomic mass is 10.2. The Balaban J connectivity index is 1.56. The van der Waals surface area contributed by atoms with E-state index in [4.69, 9.17) is 11.6 Å². The molecule has 0 spiro atoms. The second-order valence-electron chi connectivity index (χ2n) is 5.18. The highest BCUT2D eigenvalue weighted by Gasteiger charge is 2.22. The standard InChI is InChI=1S/C15H17ClN4OS/c1-11-2-3-12(10-13(11)16)18-14(21)19-5-7-20(8-6-19)15-17-4-9-22-15/h2-4,9-10H,5-8H2,1H3,(H,18,21). The van der Waals surface area contributed by atoms with Gasteiger partial charge in [0.25, 0.3) is 0 Å². The molecule has 1 saturated heterocycles. The molecule has 0 unspecified atom stereocenters. The normalized spacial score (nSPS) is 15.0. The molecule has 5 nitrogen and oxygen atoms in total. The SMILES string of the molecule is Cc1ccc(NC(=O)N2CCN(c3nccs3)CC2)cc1Cl. The molecule has 1 aromatic carbocycles. The fraction of sp³-hybridized carbons (Fsp3) is 0.333. The average molecular weight is 337 g/mol. The Kier molecular flexibility index (Phi) is 4.49. The molecule has 1 aromatic heterocycles. The minimum Gasteiger partial charge on any atom is -0.345 e. The van der Waals surface area contributed by atoms with Gasteiger partial charge in [-0.15, -0.1) is 11.3 Å². The molecule has 2 heterocycles. The molecular weight excluding hydrogens is 320 g/mol. The van der Waals surface area contributed by atoms with Gasteiger partial charge in [-0.1, -0.05) is 17.7 Å². The first-order chi connectivity index (χ1) is 10.6. The van der Waals surface area contributed by atoms with Crippen LogP contribution in [0.25, 0.3) is 0 Å². The van der Waals surface area contributed by atoms with Crippen molar-refractivity contribution in [2.75, 3.05) is 36.4 Å². The third kappa shape index (κ3) is 3.34. The van der Waals surface area contributed by atoms with Gasteiger partial charge in [0.2, 0.25) is 0 Å². The second kappa shape index (κ2) is 6.54. The van der Waals surface area contributed by atoms with Gasteiger partial charge in [0.05, 0.1) is 0 Å². The molecule has 0 saturated carbocycles. The van der Waals surface area contributed by atoms with Gasteiger partial charge >= 0.3 is 6.03 Å². The number of nitrogens with one attached hydrogen (secondary N) is 1. The maximum Gasteiger partial charge on any atom is 0.321 e.